The van der Waals surface area contributed by atoms with Gasteiger partial charge >= 0.3 is 0 Å². The van der Waals surface area contributed by atoms with Crippen molar-refractivity contribution in [3.8, 4) is 6.07 Å². The van der Waals surface area contributed by atoms with Crippen LogP contribution in [0, 0.1) is 11.3 Å². The molecule has 0 radical (unpaired) electrons. The van der Waals surface area contributed by atoms with Gasteiger partial charge in [0.2, 0.25) is 0 Å². The van der Waals surface area contributed by atoms with Crippen molar-refractivity contribution in [2.45, 2.75) is 9.79 Å². The Morgan fingerprint density at radius 2 is 1.50 bits per heavy atom. The average molecular weight is 360 g/mol. The summed E-state index contributed by atoms with van der Waals surface area (Å²) in [5.41, 5.74) is 0. The van der Waals surface area contributed by atoms with Gasteiger partial charge in [-0.25, -0.2) is 16.8 Å². The summed E-state index contributed by atoms with van der Waals surface area (Å²) in [4.78, 5) is 7.35. The van der Waals surface area contributed by atoms with Crippen molar-refractivity contribution in [2.24, 2.45) is 0 Å². The van der Waals surface area contributed by atoms with Gasteiger partial charge in [0.1, 0.15) is 10.6 Å². The van der Waals surface area contributed by atoms with Crippen LogP contribution >= 0.6 is 10.7 Å². The van der Waals surface area contributed by atoms with Gasteiger partial charge in [-0.15, -0.1) is 0 Å². The van der Waals surface area contributed by atoms with Crippen molar-refractivity contribution < 1.29 is 16.8 Å². The van der Waals surface area contributed by atoms with Crippen LogP contribution in [-0.2, 0) is 18.9 Å². The molecule has 0 aliphatic rings. The number of sulfone groups is 1. The highest BCUT2D eigenvalue weighted by Gasteiger charge is 2.12. The summed E-state index contributed by atoms with van der Waals surface area (Å²) in [5.74, 6) is -0.501. The van der Waals surface area contributed by atoms with E-state index in [1.165, 1.54) is 49.1 Å². The highest BCUT2D eigenvalue weighted by atomic mass is 35.7. The Balaban J connectivity index is 0.000000224. The molecule has 0 N–H and O–H groups in total. The first-order chi connectivity index (χ1) is 10.3. The quantitative estimate of drug-likeness (QED) is 0.759. The van der Waals surface area contributed by atoms with E-state index in [1.54, 1.807) is 6.07 Å². The molecule has 2 heterocycles. The molecule has 7 nitrogen and oxygen atoms in total. The fourth-order valence-corrected chi connectivity index (χ4v) is 2.74. The van der Waals surface area contributed by atoms with Crippen LogP contribution in [0.3, 0.4) is 0 Å². The lowest BCUT2D eigenvalue weighted by Crippen LogP contribution is -2.04. The van der Waals surface area contributed by atoms with Crippen LogP contribution in [-0.4, -0.2) is 32.6 Å². The molecule has 2 aromatic rings. The molecule has 0 aliphatic heterocycles. The SMILES string of the molecule is N#CCS(=O)(=O)c1cccnc1.O=S(=O)(Cl)c1cccnc1. The Hall–Kier alpha value is -2.02. The van der Waals surface area contributed by atoms with Gasteiger partial charge in [0.15, 0.2) is 9.84 Å². The smallest absolute Gasteiger partial charge is 0.262 e. The van der Waals surface area contributed by atoms with E-state index in [2.05, 4.69) is 9.97 Å². The van der Waals surface area contributed by atoms with Crippen LogP contribution in [0.4, 0.5) is 0 Å². The zero-order chi connectivity index (χ0) is 16.6. The Kier molecular flexibility index (Phi) is 6.42. The van der Waals surface area contributed by atoms with Crippen LogP contribution < -0.4 is 0 Å². The van der Waals surface area contributed by atoms with Crippen molar-refractivity contribution in [3.05, 3.63) is 49.1 Å². The molecule has 116 valence electrons. The minimum absolute atomic E-state index is 0.0247. The van der Waals surface area contributed by atoms with Gasteiger partial charge in [-0.3, -0.25) is 9.97 Å². The molecule has 2 aromatic heterocycles. The Morgan fingerprint density at radius 1 is 1.00 bits per heavy atom. The number of aromatic nitrogens is 2. The lowest BCUT2D eigenvalue weighted by Gasteiger charge is -1.96. The molecule has 10 heteroatoms. The summed E-state index contributed by atoms with van der Waals surface area (Å²) in [5, 5.41) is 8.21. The van der Waals surface area contributed by atoms with Crippen molar-refractivity contribution in [2.75, 3.05) is 5.75 Å². The number of halogens is 1. The van der Waals surface area contributed by atoms with Gasteiger partial charge in [0.25, 0.3) is 9.05 Å². The fourth-order valence-electron chi connectivity index (χ4n) is 1.19. The molecular weight excluding hydrogens is 350 g/mol. The van der Waals surface area contributed by atoms with E-state index in [-0.39, 0.29) is 9.79 Å². The number of rotatable bonds is 3. The summed E-state index contributed by atoms with van der Waals surface area (Å²) < 4.78 is 43.5. The average Bonchev–Trinajstić information content (AvgIpc) is 2.49. The van der Waals surface area contributed by atoms with Crippen LogP contribution in [0.15, 0.2) is 58.8 Å². The monoisotopic (exact) mass is 359 g/mol. The number of hydrogen-bond donors (Lipinski definition) is 0. The molecule has 0 saturated heterocycles. The second kappa shape index (κ2) is 7.84. The van der Waals surface area contributed by atoms with Crippen LogP contribution in [0.2, 0.25) is 0 Å². The van der Waals surface area contributed by atoms with Crippen molar-refractivity contribution >= 4 is 29.6 Å². The van der Waals surface area contributed by atoms with Crippen molar-refractivity contribution in [3.63, 3.8) is 0 Å². The highest BCUT2D eigenvalue weighted by molar-refractivity contribution is 8.13. The third-order valence-electron chi connectivity index (χ3n) is 2.16. The predicted octanol–water partition coefficient (Wildman–Crippen LogP) is 1.39. The van der Waals surface area contributed by atoms with Crippen LogP contribution in [0.25, 0.3) is 0 Å². The minimum Gasteiger partial charge on any atom is -0.263 e. The topological polar surface area (TPSA) is 118 Å². The second-order valence-corrected chi connectivity index (χ2v) is 8.29. The Morgan fingerprint density at radius 3 is 1.82 bits per heavy atom. The van der Waals surface area contributed by atoms with E-state index in [0.717, 1.165) is 0 Å². The van der Waals surface area contributed by atoms with Gasteiger partial charge in [-0.05, 0) is 24.3 Å². The zero-order valence-corrected chi connectivity index (χ0v) is 13.4. The number of nitrogens with zero attached hydrogens (tertiary/aromatic N) is 3. The standard InChI is InChI=1S/C7H6N2O2S.C5H4ClNO2S/c8-3-5-12(10,11)7-2-1-4-9-6-7;6-10(8,9)5-2-1-3-7-4-5/h1-2,4,6H,5H2;1-4H. The number of nitriles is 1. The van der Waals surface area contributed by atoms with Gasteiger partial charge in [0.05, 0.1) is 11.0 Å². The van der Waals surface area contributed by atoms with E-state index in [1.807, 2.05) is 0 Å². The molecule has 0 unspecified atom stereocenters. The summed E-state index contributed by atoms with van der Waals surface area (Å²) in [7, 11) is -2.04. The largest absolute Gasteiger partial charge is 0.263 e. The first-order valence-electron chi connectivity index (χ1n) is 5.62. The molecule has 0 amide bonds. The minimum atomic E-state index is -3.59. The van der Waals surface area contributed by atoms with Crippen LogP contribution in [0.1, 0.15) is 0 Å². The molecule has 0 fully saturated rings. The highest BCUT2D eigenvalue weighted by Crippen LogP contribution is 2.11. The Bertz CT molecular complexity index is 848. The lowest BCUT2D eigenvalue weighted by molar-refractivity contribution is 0.598. The van der Waals surface area contributed by atoms with E-state index in [4.69, 9.17) is 15.9 Å². The molecule has 2 rings (SSSR count). The van der Waals surface area contributed by atoms with Crippen molar-refractivity contribution in [1.29, 1.82) is 5.26 Å². The fraction of sp³-hybridized carbons (Fsp3) is 0.0833. The lowest BCUT2D eigenvalue weighted by atomic mass is 10.5. The summed E-state index contributed by atoms with van der Waals surface area (Å²) >= 11 is 0. The maximum atomic E-state index is 11.2. The summed E-state index contributed by atoms with van der Waals surface area (Å²) in [6, 6.07) is 7.42. The van der Waals surface area contributed by atoms with Gasteiger partial charge in [-0.2, -0.15) is 5.26 Å². The molecule has 0 spiro atoms. The first-order valence-corrected chi connectivity index (χ1v) is 9.58. The van der Waals surface area contributed by atoms with E-state index in [9.17, 15) is 16.8 Å². The van der Waals surface area contributed by atoms with Gasteiger partial charge in [-0.1, -0.05) is 0 Å². The summed E-state index contributed by atoms with van der Waals surface area (Å²) in [6.07, 6.45) is 5.38. The third kappa shape index (κ3) is 5.77. The summed E-state index contributed by atoms with van der Waals surface area (Å²) in [6.45, 7) is 0. The van der Waals surface area contributed by atoms with E-state index >= 15 is 0 Å². The maximum Gasteiger partial charge on any atom is 0.262 e. The molecule has 0 aliphatic carbocycles. The first kappa shape index (κ1) is 18.0. The van der Waals surface area contributed by atoms with E-state index < -0.39 is 24.6 Å². The molecule has 0 aromatic carbocycles. The normalized spacial score (nSPS) is 10.9. The molecule has 22 heavy (non-hydrogen) atoms. The van der Waals surface area contributed by atoms with E-state index in [0.29, 0.717) is 0 Å². The van der Waals surface area contributed by atoms with Crippen LogP contribution in [0.5, 0.6) is 0 Å². The third-order valence-corrected chi connectivity index (χ3v) is 4.97. The molecule has 0 saturated carbocycles. The number of hydrogen-bond acceptors (Lipinski definition) is 7. The zero-order valence-electron chi connectivity index (χ0n) is 11.0. The molecule has 0 atom stereocenters. The molecule has 0 bridgehead atoms. The van der Waals surface area contributed by atoms with Gasteiger partial charge in [0, 0.05) is 35.5 Å². The van der Waals surface area contributed by atoms with Crippen molar-refractivity contribution in [1.82, 2.24) is 9.97 Å². The predicted molar refractivity (Wildman–Crippen MR) is 79.2 cm³/mol. The maximum absolute atomic E-state index is 11.2. The van der Waals surface area contributed by atoms with Gasteiger partial charge < -0.3 is 0 Å². The second-order valence-electron chi connectivity index (χ2n) is 3.73. The number of pyridine rings is 2. The molecular formula is C12H10ClN3O4S2. The Labute approximate surface area is 132 Å².